The Morgan fingerprint density at radius 1 is 1.10 bits per heavy atom. The van der Waals surface area contributed by atoms with Gasteiger partial charge in [-0.25, -0.2) is 0 Å². The minimum absolute atomic E-state index is 0.638. The van der Waals surface area contributed by atoms with Crippen LogP contribution in [0.3, 0.4) is 0 Å². The largest absolute Gasteiger partial charge is 0.310 e. The Bertz CT molecular complexity index is 587. The van der Waals surface area contributed by atoms with Crippen LogP contribution in [0.1, 0.15) is 35.4 Å². The van der Waals surface area contributed by atoms with Crippen LogP contribution in [-0.4, -0.2) is 6.04 Å². The first kappa shape index (κ1) is 13.7. The van der Waals surface area contributed by atoms with Crippen molar-refractivity contribution in [2.75, 3.05) is 0 Å². The summed E-state index contributed by atoms with van der Waals surface area (Å²) in [6.07, 6.45) is 2.43. The maximum atomic E-state index is 6.05. The van der Waals surface area contributed by atoms with Crippen molar-refractivity contribution in [2.24, 2.45) is 0 Å². The topological polar surface area (TPSA) is 12.0 Å². The van der Waals surface area contributed by atoms with Crippen LogP contribution in [0.25, 0.3) is 0 Å². The molecule has 1 saturated carbocycles. The van der Waals surface area contributed by atoms with Crippen molar-refractivity contribution in [3.8, 4) is 0 Å². The molecule has 3 rings (SSSR count). The van der Waals surface area contributed by atoms with Gasteiger partial charge in [0.1, 0.15) is 0 Å². The highest BCUT2D eigenvalue weighted by Crippen LogP contribution is 2.37. The van der Waals surface area contributed by atoms with E-state index in [1.165, 1.54) is 29.5 Å². The van der Waals surface area contributed by atoms with E-state index in [-0.39, 0.29) is 0 Å². The zero-order chi connectivity index (χ0) is 13.9. The highest BCUT2D eigenvalue weighted by Gasteiger charge is 2.29. The predicted molar refractivity (Wildman–Crippen MR) is 85.2 cm³/mol. The minimum atomic E-state index is 0.638. The molecule has 0 atom stereocenters. The van der Waals surface area contributed by atoms with E-state index in [2.05, 4.69) is 48.6 Å². The van der Waals surface area contributed by atoms with Crippen molar-refractivity contribution in [2.45, 2.75) is 38.3 Å². The van der Waals surface area contributed by atoms with Crippen molar-refractivity contribution in [1.82, 2.24) is 5.32 Å². The first-order valence-electron chi connectivity index (χ1n) is 7.26. The lowest BCUT2D eigenvalue weighted by Crippen LogP contribution is -2.39. The third kappa shape index (κ3) is 3.05. The van der Waals surface area contributed by atoms with E-state index in [9.17, 15) is 0 Å². The number of nitrogens with one attached hydrogen (secondary N) is 1. The third-order valence-electron chi connectivity index (χ3n) is 4.30. The van der Waals surface area contributed by atoms with Gasteiger partial charge in [-0.1, -0.05) is 48.0 Å². The molecule has 0 heterocycles. The second kappa shape index (κ2) is 5.99. The third-order valence-corrected chi connectivity index (χ3v) is 4.54. The lowest BCUT2D eigenvalue weighted by atomic mass is 9.76. The molecule has 1 N–H and O–H groups in total. The van der Waals surface area contributed by atoms with Crippen LogP contribution in [0.2, 0.25) is 5.02 Å². The number of halogens is 1. The molecule has 0 bridgehead atoms. The average Bonchev–Trinajstić information content (AvgIpc) is 2.39. The first-order valence-corrected chi connectivity index (χ1v) is 7.63. The maximum absolute atomic E-state index is 6.05. The Morgan fingerprint density at radius 2 is 1.90 bits per heavy atom. The Balaban J connectivity index is 1.50. The van der Waals surface area contributed by atoms with E-state index in [0.717, 1.165) is 11.6 Å². The molecular weight excluding hydrogens is 266 g/mol. The van der Waals surface area contributed by atoms with Crippen LogP contribution in [0.5, 0.6) is 0 Å². The van der Waals surface area contributed by atoms with Crippen LogP contribution in [0, 0.1) is 6.92 Å². The summed E-state index contributed by atoms with van der Waals surface area (Å²) < 4.78 is 0. The van der Waals surface area contributed by atoms with Gasteiger partial charge in [-0.15, -0.1) is 0 Å². The van der Waals surface area contributed by atoms with Gasteiger partial charge in [-0.05, 0) is 54.5 Å². The molecule has 1 aliphatic carbocycles. The quantitative estimate of drug-likeness (QED) is 0.860. The van der Waals surface area contributed by atoms with Crippen LogP contribution in [-0.2, 0) is 6.54 Å². The fourth-order valence-corrected chi connectivity index (χ4v) is 3.08. The maximum Gasteiger partial charge on any atom is 0.0408 e. The highest BCUT2D eigenvalue weighted by molar-refractivity contribution is 6.30. The predicted octanol–water partition coefficient (Wildman–Crippen LogP) is 4.68. The van der Waals surface area contributed by atoms with Crippen LogP contribution < -0.4 is 5.32 Å². The molecule has 0 unspecified atom stereocenters. The molecule has 1 aliphatic rings. The van der Waals surface area contributed by atoms with Crippen molar-refractivity contribution in [1.29, 1.82) is 0 Å². The van der Waals surface area contributed by atoms with Crippen molar-refractivity contribution in [3.05, 3.63) is 70.2 Å². The van der Waals surface area contributed by atoms with Gasteiger partial charge in [0.2, 0.25) is 0 Å². The Morgan fingerprint density at radius 3 is 2.65 bits per heavy atom. The summed E-state index contributed by atoms with van der Waals surface area (Å²) in [5.74, 6) is 0.670. The summed E-state index contributed by atoms with van der Waals surface area (Å²) in [6.45, 7) is 3.15. The zero-order valence-electron chi connectivity index (χ0n) is 11.8. The number of hydrogen-bond donors (Lipinski definition) is 1. The van der Waals surface area contributed by atoms with Crippen LogP contribution in [0.4, 0.5) is 0 Å². The first-order chi connectivity index (χ1) is 9.72. The Kier molecular flexibility index (Phi) is 4.09. The lowest BCUT2D eigenvalue weighted by molar-refractivity contribution is 0.289. The number of aryl methyl sites for hydroxylation is 1. The molecule has 104 valence electrons. The smallest absolute Gasteiger partial charge is 0.0408 e. The highest BCUT2D eigenvalue weighted by atomic mass is 35.5. The van der Waals surface area contributed by atoms with E-state index in [0.29, 0.717) is 12.0 Å². The second-order valence-electron chi connectivity index (χ2n) is 5.73. The summed E-state index contributed by atoms with van der Waals surface area (Å²) >= 11 is 6.05. The fourth-order valence-electron chi connectivity index (χ4n) is 2.88. The van der Waals surface area contributed by atoms with Gasteiger partial charge in [0.25, 0.3) is 0 Å². The summed E-state index contributed by atoms with van der Waals surface area (Å²) in [6, 6.07) is 17.5. The van der Waals surface area contributed by atoms with E-state index < -0.39 is 0 Å². The number of hydrogen-bond acceptors (Lipinski definition) is 1. The summed E-state index contributed by atoms with van der Waals surface area (Å²) in [4.78, 5) is 0. The van der Waals surface area contributed by atoms with E-state index >= 15 is 0 Å². The van der Waals surface area contributed by atoms with E-state index in [1.54, 1.807) is 0 Å². The van der Waals surface area contributed by atoms with Crippen molar-refractivity contribution >= 4 is 11.6 Å². The van der Waals surface area contributed by atoms with Crippen molar-refractivity contribution in [3.63, 3.8) is 0 Å². The SMILES string of the molecule is Cc1ccccc1CNC1CC(c2cccc(Cl)c2)C1. The molecule has 1 fully saturated rings. The molecule has 20 heavy (non-hydrogen) atoms. The second-order valence-corrected chi connectivity index (χ2v) is 6.16. The molecule has 0 aromatic heterocycles. The Hall–Kier alpha value is -1.31. The molecule has 0 spiro atoms. The Labute approximate surface area is 126 Å². The number of rotatable bonds is 4. The fraction of sp³-hybridized carbons (Fsp3) is 0.333. The van der Waals surface area contributed by atoms with Gasteiger partial charge in [0, 0.05) is 17.6 Å². The van der Waals surface area contributed by atoms with Gasteiger partial charge in [0.15, 0.2) is 0 Å². The summed E-state index contributed by atoms with van der Waals surface area (Å²) in [5, 5.41) is 4.50. The molecule has 1 nitrogen and oxygen atoms in total. The van der Waals surface area contributed by atoms with Gasteiger partial charge in [0.05, 0.1) is 0 Å². The van der Waals surface area contributed by atoms with Gasteiger partial charge >= 0.3 is 0 Å². The van der Waals surface area contributed by atoms with Gasteiger partial charge < -0.3 is 5.32 Å². The lowest BCUT2D eigenvalue weighted by Gasteiger charge is -2.36. The monoisotopic (exact) mass is 285 g/mol. The standard InChI is InChI=1S/C18H20ClN/c1-13-5-2-3-6-15(13)12-20-18-10-16(11-18)14-7-4-8-17(19)9-14/h2-9,16,18,20H,10-12H2,1H3. The molecule has 2 heteroatoms. The zero-order valence-corrected chi connectivity index (χ0v) is 12.5. The molecule has 0 saturated heterocycles. The van der Waals surface area contributed by atoms with Crippen molar-refractivity contribution < 1.29 is 0 Å². The van der Waals surface area contributed by atoms with E-state index in [1.807, 2.05) is 12.1 Å². The summed E-state index contributed by atoms with van der Waals surface area (Å²) in [5.41, 5.74) is 4.15. The van der Waals surface area contributed by atoms with E-state index in [4.69, 9.17) is 11.6 Å². The van der Waals surface area contributed by atoms with Gasteiger partial charge in [-0.2, -0.15) is 0 Å². The molecule has 2 aromatic carbocycles. The number of benzene rings is 2. The van der Waals surface area contributed by atoms with Crippen LogP contribution >= 0.6 is 11.6 Å². The molecule has 2 aromatic rings. The molecule has 0 radical (unpaired) electrons. The molecule has 0 amide bonds. The molecular formula is C18H20ClN. The molecule has 0 aliphatic heterocycles. The normalized spacial score (nSPS) is 21.5. The van der Waals surface area contributed by atoms with Crippen LogP contribution in [0.15, 0.2) is 48.5 Å². The summed E-state index contributed by atoms with van der Waals surface area (Å²) in [7, 11) is 0. The average molecular weight is 286 g/mol. The minimum Gasteiger partial charge on any atom is -0.310 e. The van der Waals surface area contributed by atoms with Gasteiger partial charge in [-0.3, -0.25) is 0 Å².